The molecule has 0 aromatic heterocycles. The number of nitrogens with one attached hydrogen (secondary N) is 1. The molecule has 0 aromatic carbocycles. The minimum atomic E-state index is 0.210. The first-order valence-electron chi connectivity index (χ1n) is 15.3. The minimum Gasteiger partial charge on any atom is -0.353 e. The lowest BCUT2D eigenvalue weighted by Gasteiger charge is -2.22. The van der Waals surface area contributed by atoms with Gasteiger partial charge in [0.25, 0.3) is 0 Å². The molecule has 0 aliphatic rings. The molecule has 0 aromatic rings. The third kappa shape index (κ3) is 21.5. The van der Waals surface area contributed by atoms with Gasteiger partial charge in [0.2, 0.25) is 5.91 Å². The fraction of sp³-hybridized carbons (Fsp3) is 0.844. The molecule has 0 radical (unpaired) electrons. The van der Waals surface area contributed by atoms with E-state index in [-0.39, 0.29) is 5.92 Å². The molecule has 0 fully saturated rings. The summed E-state index contributed by atoms with van der Waals surface area (Å²) in [5, 5.41) is 3.40. The lowest BCUT2D eigenvalue weighted by atomic mass is 9.97. The summed E-state index contributed by atoms with van der Waals surface area (Å²) in [4.78, 5) is 12.6. The first kappa shape index (κ1) is 33.0. The Hall–Kier alpha value is -1.05. The zero-order valence-electron chi connectivity index (χ0n) is 23.7. The highest BCUT2D eigenvalue weighted by Crippen LogP contribution is 2.16. The molecule has 200 valence electrons. The van der Waals surface area contributed by atoms with Crippen molar-refractivity contribution in [2.75, 3.05) is 0 Å². The summed E-state index contributed by atoms with van der Waals surface area (Å²) in [6.45, 7) is 8.83. The van der Waals surface area contributed by atoms with Gasteiger partial charge in [-0.2, -0.15) is 0 Å². The van der Waals surface area contributed by atoms with Gasteiger partial charge in [0.1, 0.15) is 0 Å². The molecule has 0 rings (SSSR count). The molecule has 0 aliphatic heterocycles. The summed E-state index contributed by atoms with van der Waals surface area (Å²) < 4.78 is 0. The molecule has 0 saturated heterocycles. The highest BCUT2D eigenvalue weighted by Gasteiger charge is 2.18. The van der Waals surface area contributed by atoms with Gasteiger partial charge in [0.05, 0.1) is 0 Å². The van der Waals surface area contributed by atoms with Crippen LogP contribution in [0.15, 0.2) is 24.3 Å². The van der Waals surface area contributed by atoms with Gasteiger partial charge in [-0.1, -0.05) is 135 Å². The number of allylic oxidation sites excluding steroid dienone is 4. The Kier molecular flexibility index (Phi) is 25.7. The highest BCUT2D eigenvalue weighted by molar-refractivity contribution is 5.78. The largest absolute Gasteiger partial charge is 0.353 e. The van der Waals surface area contributed by atoms with Crippen LogP contribution in [0.5, 0.6) is 0 Å². The number of rotatable bonds is 25. The van der Waals surface area contributed by atoms with E-state index >= 15 is 0 Å². The second-order valence-corrected chi connectivity index (χ2v) is 10.4. The van der Waals surface area contributed by atoms with Crippen LogP contribution in [0.3, 0.4) is 0 Å². The van der Waals surface area contributed by atoms with Crippen LogP contribution >= 0.6 is 0 Å². The van der Waals surface area contributed by atoms with E-state index in [9.17, 15) is 4.79 Å². The monoisotopic (exact) mass is 475 g/mol. The van der Waals surface area contributed by atoms with E-state index in [1.165, 1.54) is 103 Å². The lowest BCUT2D eigenvalue weighted by molar-refractivity contribution is -0.126. The predicted molar refractivity (Wildman–Crippen MR) is 153 cm³/mol. The van der Waals surface area contributed by atoms with Gasteiger partial charge >= 0.3 is 0 Å². The zero-order chi connectivity index (χ0) is 25.1. The molecule has 0 saturated carbocycles. The number of hydrogen-bond donors (Lipinski definition) is 1. The van der Waals surface area contributed by atoms with Crippen molar-refractivity contribution in [1.29, 1.82) is 0 Å². The first-order valence-corrected chi connectivity index (χ1v) is 15.3. The number of carbonyl (C=O) groups excluding carboxylic acids is 1. The van der Waals surface area contributed by atoms with Gasteiger partial charge < -0.3 is 5.32 Å². The first-order chi connectivity index (χ1) is 16.7. The number of hydrogen-bond acceptors (Lipinski definition) is 1. The maximum absolute atomic E-state index is 12.6. The topological polar surface area (TPSA) is 29.1 Å². The number of carbonyl (C=O) groups is 1. The molecule has 0 aliphatic carbocycles. The van der Waals surface area contributed by atoms with Gasteiger partial charge in [0, 0.05) is 12.0 Å². The molecule has 1 amide bonds. The molecule has 0 spiro atoms. The lowest BCUT2D eigenvalue weighted by Crippen LogP contribution is -2.38. The van der Waals surface area contributed by atoms with E-state index in [0.717, 1.165) is 32.1 Å². The van der Waals surface area contributed by atoms with Crippen molar-refractivity contribution < 1.29 is 4.79 Å². The van der Waals surface area contributed by atoms with Crippen LogP contribution in [0.25, 0.3) is 0 Å². The average molecular weight is 476 g/mol. The van der Waals surface area contributed by atoms with Crippen molar-refractivity contribution in [2.24, 2.45) is 5.92 Å². The standard InChI is InChI=1S/C32H61NO/c1-5-9-11-12-13-14-15-16-17-18-19-20-21-22-23-24-25-26-29-31(28-10-6-2)33-32(34)30(8-4)27-7-3/h13-16,30-31H,5-12,17-29H2,1-4H3,(H,33,34)/b14-13+,16-15-. The van der Waals surface area contributed by atoms with Crippen LogP contribution in [-0.2, 0) is 4.79 Å². The quantitative estimate of drug-likeness (QED) is 0.103. The van der Waals surface area contributed by atoms with Crippen LogP contribution in [0.1, 0.15) is 163 Å². The van der Waals surface area contributed by atoms with Gasteiger partial charge in [-0.25, -0.2) is 0 Å². The van der Waals surface area contributed by atoms with Crippen molar-refractivity contribution in [2.45, 2.75) is 169 Å². The molecule has 2 nitrogen and oxygen atoms in total. The summed E-state index contributed by atoms with van der Waals surface area (Å²) in [6.07, 6.45) is 35.6. The Balaban J connectivity index is 3.71. The van der Waals surface area contributed by atoms with Crippen LogP contribution in [0.2, 0.25) is 0 Å². The predicted octanol–water partition coefficient (Wildman–Crippen LogP) is 10.5. The summed E-state index contributed by atoms with van der Waals surface area (Å²) in [7, 11) is 0. The SMILES string of the molecule is CCCCC/C=C/C=C\CCCCCCCCCCCC(CCCC)NC(=O)C(CC)CCC. The van der Waals surface area contributed by atoms with Crippen LogP contribution < -0.4 is 5.32 Å². The molecular formula is C32H61NO. The highest BCUT2D eigenvalue weighted by atomic mass is 16.1. The van der Waals surface area contributed by atoms with E-state index in [2.05, 4.69) is 57.3 Å². The molecular weight excluding hydrogens is 414 g/mol. The van der Waals surface area contributed by atoms with Crippen molar-refractivity contribution in [3.63, 3.8) is 0 Å². The van der Waals surface area contributed by atoms with E-state index in [1.54, 1.807) is 0 Å². The Morgan fingerprint density at radius 2 is 1.09 bits per heavy atom. The smallest absolute Gasteiger partial charge is 0.223 e. The Morgan fingerprint density at radius 1 is 0.588 bits per heavy atom. The summed E-state index contributed by atoms with van der Waals surface area (Å²) in [5.41, 5.74) is 0. The number of unbranched alkanes of at least 4 members (excludes halogenated alkanes) is 13. The van der Waals surface area contributed by atoms with Crippen molar-refractivity contribution >= 4 is 5.91 Å². The second-order valence-electron chi connectivity index (χ2n) is 10.4. The molecule has 2 heteroatoms. The van der Waals surface area contributed by atoms with E-state index < -0.39 is 0 Å². The number of amides is 1. The Labute approximate surface area is 214 Å². The van der Waals surface area contributed by atoms with E-state index in [4.69, 9.17) is 0 Å². The maximum Gasteiger partial charge on any atom is 0.223 e. The second kappa shape index (κ2) is 26.6. The molecule has 0 bridgehead atoms. The van der Waals surface area contributed by atoms with E-state index in [1.807, 2.05) is 0 Å². The van der Waals surface area contributed by atoms with Gasteiger partial charge in [-0.3, -0.25) is 4.79 Å². The van der Waals surface area contributed by atoms with E-state index in [0.29, 0.717) is 11.9 Å². The molecule has 1 N–H and O–H groups in total. The summed E-state index contributed by atoms with van der Waals surface area (Å²) in [6, 6.07) is 0.393. The minimum absolute atomic E-state index is 0.210. The third-order valence-electron chi connectivity index (χ3n) is 7.03. The third-order valence-corrected chi connectivity index (χ3v) is 7.03. The van der Waals surface area contributed by atoms with Crippen LogP contribution in [0, 0.1) is 5.92 Å². The van der Waals surface area contributed by atoms with Crippen LogP contribution in [0.4, 0.5) is 0 Å². The van der Waals surface area contributed by atoms with Gasteiger partial charge in [-0.15, -0.1) is 0 Å². The molecule has 2 unspecified atom stereocenters. The fourth-order valence-electron chi connectivity index (χ4n) is 4.68. The fourth-order valence-corrected chi connectivity index (χ4v) is 4.68. The molecule has 0 heterocycles. The maximum atomic E-state index is 12.6. The van der Waals surface area contributed by atoms with Crippen molar-refractivity contribution in [1.82, 2.24) is 5.32 Å². The normalized spacial score (nSPS) is 13.6. The Bertz CT molecular complexity index is 481. The Morgan fingerprint density at radius 3 is 1.62 bits per heavy atom. The van der Waals surface area contributed by atoms with Gasteiger partial charge in [0.15, 0.2) is 0 Å². The summed E-state index contributed by atoms with van der Waals surface area (Å²) in [5.74, 6) is 0.516. The van der Waals surface area contributed by atoms with Crippen molar-refractivity contribution in [3.8, 4) is 0 Å². The van der Waals surface area contributed by atoms with Gasteiger partial charge in [-0.05, 0) is 51.4 Å². The van der Waals surface area contributed by atoms with Crippen LogP contribution in [-0.4, -0.2) is 11.9 Å². The molecule has 34 heavy (non-hydrogen) atoms. The zero-order valence-corrected chi connectivity index (χ0v) is 23.7. The average Bonchev–Trinajstić information content (AvgIpc) is 2.84. The van der Waals surface area contributed by atoms with Crippen molar-refractivity contribution in [3.05, 3.63) is 24.3 Å². The summed E-state index contributed by atoms with van der Waals surface area (Å²) >= 11 is 0. The molecule has 2 atom stereocenters.